The molecule has 0 unspecified atom stereocenters. The van der Waals surface area contributed by atoms with Gasteiger partial charge in [-0.05, 0) is 26.0 Å². The van der Waals surface area contributed by atoms with E-state index >= 15 is 0 Å². The Bertz CT molecular complexity index is 258. The van der Waals surface area contributed by atoms with Crippen LogP contribution in [0.25, 0.3) is 0 Å². The summed E-state index contributed by atoms with van der Waals surface area (Å²) in [5, 5.41) is 0. The van der Waals surface area contributed by atoms with E-state index in [1.807, 2.05) is 6.26 Å². The van der Waals surface area contributed by atoms with E-state index < -0.39 is 0 Å². The van der Waals surface area contributed by atoms with Crippen LogP contribution in [-0.2, 0) is 14.3 Å². The first-order chi connectivity index (χ1) is 7.70. The van der Waals surface area contributed by atoms with E-state index in [0.29, 0.717) is 19.6 Å². The Morgan fingerprint density at radius 3 is 2.88 bits per heavy atom. The van der Waals surface area contributed by atoms with Crippen LogP contribution in [0.1, 0.15) is 26.2 Å². The van der Waals surface area contributed by atoms with Crippen LogP contribution < -0.4 is 0 Å². The number of rotatable bonds is 5. The van der Waals surface area contributed by atoms with E-state index in [2.05, 4.69) is 0 Å². The van der Waals surface area contributed by atoms with Crippen molar-refractivity contribution in [1.82, 2.24) is 4.90 Å². The van der Waals surface area contributed by atoms with Crippen molar-refractivity contribution in [1.29, 1.82) is 0 Å². The van der Waals surface area contributed by atoms with Crippen molar-refractivity contribution in [2.45, 2.75) is 32.2 Å². The summed E-state index contributed by atoms with van der Waals surface area (Å²) in [7, 11) is 0. The van der Waals surface area contributed by atoms with Gasteiger partial charge in [0.1, 0.15) is 6.04 Å². The molecule has 0 N–H and O–H groups in total. The highest BCUT2D eigenvalue weighted by Crippen LogP contribution is 2.19. The minimum Gasteiger partial charge on any atom is -0.464 e. The van der Waals surface area contributed by atoms with Gasteiger partial charge < -0.3 is 9.64 Å². The van der Waals surface area contributed by atoms with E-state index in [9.17, 15) is 9.59 Å². The predicted molar refractivity (Wildman–Crippen MR) is 64.4 cm³/mol. The summed E-state index contributed by atoms with van der Waals surface area (Å²) in [5.41, 5.74) is 0. The van der Waals surface area contributed by atoms with Crippen LogP contribution in [-0.4, -0.2) is 48.0 Å². The number of carbonyl (C=O) groups is 2. The second-order valence-corrected chi connectivity index (χ2v) is 4.73. The van der Waals surface area contributed by atoms with Crippen LogP contribution in [0.3, 0.4) is 0 Å². The molecule has 92 valence electrons. The maximum Gasteiger partial charge on any atom is 0.328 e. The van der Waals surface area contributed by atoms with E-state index in [4.69, 9.17) is 4.74 Å². The summed E-state index contributed by atoms with van der Waals surface area (Å²) in [5.74, 6) is 0.632. The zero-order valence-electron chi connectivity index (χ0n) is 9.90. The van der Waals surface area contributed by atoms with Crippen LogP contribution in [0.15, 0.2) is 0 Å². The number of ether oxygens (including phenoxy) is 1. The lowest BCUT2D eigenvalue weighted by molar-refractivity contribution is -0.152. The first-order valence-electron chi connectivity index (χ1n) is 5.65. The average molecular weight is 245 g/mol. The third-order valence-electron chi connectivity index (χ3n) is 2.65. The van der Waals surface area contributed by atoms with E-state index in [1.54, 1.807) is 23.6 Å². The number of thioether (sulfide) groups is 1. The first-order valence-corrected chi connectivity index (χ1v) is 7.05. The largest absolute Gasteiger partial charge is 0.464 e. The lowest BCUT2D eigenvalue weighted by Gasteiger charge is -2.22. The number of nitrogens with zero attached hydrogens (tertiary/aromatic N) is 1. The molecule has 1 rings (SSSR count). The Morgan fingerprint density at radius 2 is 2.25 bits per heavy atom. The van der Waals surface area contributed by atoms with Crippen LogP contribution >= 0.6 is 11.8 Å². The number of hydrogen-bond acceptors (Lipinski definition) is 4. The van der Waals surface area contributed by atoms with Gasteiger partial charge in [0, 0.05) is 18.7 Å². The van der Waals surface area contributed by atoms with Gasteiger partial charge in [-0.3, -0.25) is 4.79 Å². The SMILES string of the molecule is CCOC(=O)[C@@H]1CCCN1C(=O)CCSC. The Balaban J connectivity index is 2.51. The molecule has 1 fully saturated rings. The number of esters is 1. The van der Waals surface area contributed by atoms with Crippen molar-refractivity contribution < 1.29 is 14.3 Å². The average Bonchev–Trinajstić information content (AvgIpc) is 2.75. The molecular weight excluding hydrogens is 226 g/mol. The molecule has 16 heavy (non-hydrogen) atoms. The van der Waals surface area contributed by atoms with Gasteiger partial charge in [-0.25, -0.2) is 4.79 Å². The monoisotopic (exact) mass is 245 g/mol. The molecule has 0 aromatic heterocycles. The molecule has 0 bridgehead atoms. The Morgan fingerprint density at radius 1 is 1.50 bits per heavy atom. The molecule has 1 atom stereocenters. The minimum atomic E-state index is -0.339. The zero-order valence-corrected chi connectivity index (χ0v) is 10.7. The molecule has 1 aliphatic heterocycles. The van der Waals surface area contributed by atoms with Crippen LogP contribution in [0, 0.1) is 0 Å². The molecule has 0 saturated carbocycles. The Labute approximate surface area is 101 Å². The maximum atomic E-state index is 11.8. The summed E-state index contributed by atoms with van der Waals surface area (Å²) < 4.78 is 4.97. The van der Waals surface area contributed by atoms with E-state index in [-0.39, 0.29) is 17.9 Å². The van der Waals surface area contributed by atoms with Crippen molar-refractivity contribution in [3.05, 3.63) is 0 Å². The number of likely N-dealkylation sites (tertiary alicyclic amines) is 1. The molecule has 1 saturated heterocycles. The van der Waals surface area contributed by atoms with Crippen molar-refractivity contribution >= 4 is 23.6 Å². The normalized spacial score (nSPS) is 19.9. The zero-order chi connectivity index (χ0) is 12.0. The van der Waals surface area contributed by atoms with Gasteiger partial charge in [0.2, 0.25) is 5.91 Å². The van der Waals surface area contributed by atoms with Gasteiger partial charge in [-0.15, -0.1) is 0 Å². The van der Waals surface area contributed by atoms with Crippen LogP contribution in [0.2, 0.25) is 0 Å². The number of hydrogen-bond donors (Lipinski definition) is 0. The third-order valence-corrected chi connectivity index (χ3v) is 3.26. The summed E-state index contributed by atoms with van der Waals surface area (Å²) in [6.07, 6.45) is 4.12. The molecule has 0 radical (unpaired) electrons. The highest BCUT2D eigenvalue weighted by molar-refractivity contribution is 7.98. The smallest absolute Gasteiger partial charge is 0.328 e. The number of carbonyl (C=O) groups excluding carboxylic acids is 2. The highest BCUT2D eigenvalue weighted by Gasteiger charge is 2.34. The van der Waals surface area contributed by atoms with E-state index in [0.717, 1.165) is 18.6 Å². The van der Waals surface area contributed by atoms with Gasteiger partial charge in [-0.2, -0.15) is 11.8 Å². The molecule has 1 aliphatic rings. The standard InChI is InChI=1S/C11H19NO3S/c1-3-15-11(14)9-5-4-7-12(9)10(13)6-8-16-2/h9H,3-8H2,1-2H3/t9-/m0/s1. The molecule has 0 aromatic rings. The fraction of sp³-hybridized carbons (Fsp3) is 0.818. The lowest BCUT2D eigenvalue weighted by Crippen LogP contribution is -2.41. The highest BCUT2D eigenvalue weighted by atomic mass is 32.2. The number of amides is 1. The Kier molecular flexibility index (Phi) is 5.66. The predicted octanol–water partition coefficient (Wildman–Crippen LogP) is 1.29. The van der Waals surface area contributed by atoms with Crippen LogP contribution in [0.4, 0.5) is 0 Å². The summed E-state index contributed by atoms with van der Waals surface area (Å²) >= 11 is 1.64. The second kappa shape index (κ2) is 6.78. The summed E-state index contributed by atoms with van der Waals surface area (Å²) in [6, 6.07) is -0.339. The molecule has 4 nitrogen and oxygen atoms in total. The summed E-state index contributed by atoms with van der Waals surface area (Å²) in [4.78, 5) is 25.1. The lowest BCUT2D eigenvalue weighted by atomic mass is 10.2. The van der Waals surface area contributed by atoms with Gasteiger partial charge in [0.05, 0.1) is 6.61 Å². The fourth-order valence-corrected chi connectivity index (χ4v) is 2.26. The Hall–Kier alpha value is -0.710. The van der Waals surface area contributed by atoms with Crippen molar-refractivity contribution in [3.63, 3.8) is 0 Å². The fourth-order valence-electron chi connectivity index (χ4n) is 1.88. The second-order valence-electron chi connectivity index (χ2n) is 3.74. The minimum absolute atomic E-state index is 0.0740. The maximum absolute atomic E-state index is 11.8. The molecule has 1 amide bonds. The van der Waals surface area contributed by atoms with Gasteiger partial charge >= 0.3 is 5.97 Å². The topological polar surface area (TPSA) is 46.6 Å². The van der Waals surface area contributed by atoms with E-state index in [1.165, 1.54) is 0 Å². The quantitative estimate of drug-likeness (QED) is 0.685. The van der Waals surface area contributed by atoms with Crippen molar-refractivity contribution in [2.24, 2.45) is 0 Å². The van der Waals surface area contributed by atoms with Crippen molar-refractivity contribution in [3.8, 4) is 0 Å². The molecule has 0 aliphatic carbocycles. The molecular formula is C11H19NO3S. The summed E-state index contributed by atoms with van der Waals surface area (Å²) in [6.45, 7) is 2.85. The molecule has 0 aromatic carbocycles. The first kappa shape index (κ1) is 13.4. The molecule has 5 heteroatoms. The van der Waals surface area contributed by atoms with Crippen LogP contribution in [0.5, 0.6) is 0 Å². The third kappa shape index (κ3) is 3.40. The molecule has 1 heterocycles. The van der Waals surface area contributed by atoms with Crippen molar-refractivity contribution in [2.75, 3.05) is 25.2 Å². The van der Waals surface area contributed by atoms with Gasteiger partial charge in [-0.1, -0.05) is 0 Å². The van der Waals surface area contributed by atoms with Gasteiger partial charge in [0.25, 0.3) is 0 Å². The van der Waals surface area contributed by atoms with Gasteiger partial charge in [0.15, 0.2) is 0 Å². The molecule has 0 spiro atoms.